The van der Waals surface area contributed by atoms with E-state index in [1.807, 2.05) is 61.8 Å². The maximum absolute atomic E-state index is 13.9. The third kappa shape index (κ3) is 8.07. The van der Waals surface area contributed by atoms with Crippen molar-refractivity contribution in [2.45, 2.75) is 63.8 Å². The Hall–Kier alpha value is -5.36. The molecule has 1 aromatic carbocycles. The zero-order valence-electron chi connectivity index (χ0n) is 29.1. The van der Waals surface area contributed by atoms with Crippen LogP contribution in [-0.4, -0.2) is 77.6 Å². The number of piperidine rings is 1. The molecule has 2 atom stereocenters. The molecule has 3 N–H and O–H groups in total. The zero-order chi connectivity index (χ0) is 36.9. The average molecular weight is 716 g/mol. The van der Waals surface area contributed by atoms with Crippen molar-refractivity contribution in [3.8, 4) is 17.2 Å². The molecule has 3 aromatic heterocycles. The summed E-state index contributed by atoms with van der Waals surface area (Å²) in [6.07, 6.45) is 4.42. The molecular formula is C37H42F3N10O2+. The number of hydrogen-bond donors (Lipinski definition) is 3. The summed E-state index contributed by atoms with van der Waals surface area (Å²) in [4.78, 5) is 28.9. The molecule has 2 aliphatic rings. The minimum atomic E-state index is -4.73. The van der Waals surface area contributed by atoms with Crippen LogP contribution < -0.4 is 15.5 Å². The summed E-state index contributed by atoms with van der Waals surface area (Å²) in [5, 5.41) is 30.2. The third-order valence-electron chi connectivity index (χ3n) is 9.78. The lowest BCUT2D eigenvalue weighted by atomic mass is 9.90. The van der Waals surface area contributed by atoms with E-state index in [2.05, 4.69) is 32.6 Å². The van der Waals surface area contributed by atoms with Gasteiger partial charge in [0.1, 0.15) is 17.8 Å². The number of rotatable bonds is 12. The number of nitrogens with zero attached hydrogens (tertiary/aromatic N) is 8. The van der Waals surface area contributed by atoms with E-state index in [1.54, 1.807) is 26.6 Å². The number of aromatic nitrogens is 5. The van der Waals surface area contributed by atoms with E-state index >= 15 is 0 Å². The van der Waals surface area contributed by atoms with Gasteiger partial charge in [-0.3, -0.25) is 10.00 Å². The van der Waals surface area contributed by atoms with E-state index in [0.717, 1.165) is 48.1 Å². The summed E-state index contributed by atoms with van der Waals surface area (Å²) in [6, 6.07) is 15.3. The Bertz CT molecular complexity index is 1930. The van der Waals surface area contributed by atoms with Crippen LogP contribution in [-0.2, 0) is 13.6 Å². The molecule has 1 saturated carbocycles. The second-order valence-electron chi connectivity index (χ2n) is 13.3. The number of benzene rings is 1. The van der Waals surface area contributed by atoms with Crippen LogP contribution in [0.2, 0.25) is 0 Å². The lowest BCUT2D eigenvalue weighted by Crippen LogP contribution is -2.53. The number of carbonyl (C=O) groups excluding carboxylic acids is 1. The summed E-state index contributed by atoms with van der Waals surface area (Å²) in [5.74, 6) is 1.40. The lowest BCUT2D eigenvalue weighted by Gasteiger charge is -2.39. The third-order valence-corrected chi connectivity index (χ3v) is 9.78. The van der Waals surface area contributed by atoms with Crippen LogP contribution >= 0.6 is 0 Å². The molecule has 1 aliphatic heterocycles. The number of halogens is 3. The van der Waals surface area contributed by atoms with Crippen LogP contribution in [0.15, 0.2) is 67.3 Å². The summed E-state index contributed by atoms with van der Waals surface area (Å²) in [5.41, 5.74) is 1.23. The van der Waals surface area contributed by atoms with Crippen LogP contribution in [0.3, 0.4) is 0 Å². The molecule has 6 rings (SSSR count). The van der Waals surface area contributed by atoms with Gasteiger partial charge in [0.25, 0.3) is 5.82 Å². The Morgan fingerprint density at radius 3 is 2.44 bits per heavy atom. The van der Waals surface area contributed by atoms with Crippen LogP contribution in [0.4, 0.5) is 35.5 Å². The van der Waals surface area contributed by atoms with E-state index < -0.39 is 24.6 Å². The molecule has 2 fully saturated rings. The summed E-state index contributed by atoms with van der Waals surface area (Å²) >= 11 is 0. The van der Waals surface area contributed by atoms with Crippen molar-refractivity contribution in [2.75, 3.05) is 29.9 Å². The molecule has 2 unspecified atom stereocenters. The molecule has 0 radical (unpaired) electrons. The van der Waals surface area contributed by atoms with E-state index in [4.69, 9.17) is 4.98 Å². The van der Waals surface area contributed by atoms with Crippen molar-refractivity contribution >= 4 is 29.3 Å². The van der Waals surface area contributed by atoms with Gasteiger partial charge in [0.15, 0.2) is 11.4 Å². The Kier molecular flexibility index (Phi) is 10.8. The predicted octanol–water partition coefficient (Wildman–Crippen LogP) is 5.97. The Morgan fingerprint density at radius 2 is 1.81 bits per heavy atom. The van der Waals surface area contributed by atoms with Gasteiger partial charge in [0, 0.05) is 74.7 Å². The zero-order valence-corrected chi connectivity index (χ0v) is 29.1. The quantitative estimate of drug-likeness (QED) is 0.119. The highest BCUT2D eigenvalue weighted by atomic mass is 19.4. The van der Waals surface area contributed by atoms with Gasteiger partial charge in [-0.2, -0.15) is 33.1 Å². The second-order valence-corrected chi connectivity index (χ2v) is 13.3. The fourth-order valence-corrected chi connectivity index (χ4v) is 6.84. The van der Waals surface area contributed by atoms with Crippen LogP contribution in [0, 0.1) is 23.2 Å². The smallest absolute Gasteiger partial charge is 0.380 e. The summed E-state index contributed by atoms with van der Waals surface area (Å²) in [6.45, 7) is 2.80. The standard InChI is InChI=1S/C37H41F3N10O2/c1-3-8-29-30(11-7-16-42-34-44-22-27(19-41)33(47-34)49-17-14-36(52,15-18-49)37(38,39)40)32(29)50(35(51)45-20-25-9-5-4-6-10-25)31-13-12-26(21-43-31)28-23-46-48(2)24-28/h4-6,9-10,12-13,21-24,29-30,52H,3,7-8,11,14-18,20H2,1-2H3,(H-,42,44,45,47,51)/p+1/b50-32-. The number of nitriles is 1. The first-order valence-corrected chi connectivity index (χ1v) is 17.5. The number of aryl methyl sites for hydroxylation is 1. The molecule has 272 valence electrons. The van der Waals surface area contributed by atoms with Crippen LogP contribution in [0.25, 0.3) is 11.1 Å². The maximum atomic E-state index is 13.9. The molecule has 12 nitrogen and oxygen atoms in total. The molecule has 1 aliphatic carbocycles. The highest BCUT2D eigenvalue weighted by molar-refractivity contribution is 6.03. The number of urea groups is 1. The van der Waals surface area contributed by atoms with Gasteiger partial charge in [-0.15, -0.1) is 4.98 Å². The SMILES string of the molecule is CCCC1/C(=[N+](/C(=O)NCc2ccccc2)c2ccc(-c3cnn(C)c3)cn2)C1CCCNc1ncc(C#N)c(N2CCC(O)(C(F)(F)F)CC2)n1. The van der Waals surface area contributed by atoms with E-state index in [1.165, 1.54) is 6.20 Å². The van der Waals surface area contributed by atoms with E-state index in [0.29, 0.717) is 18.9 Å². The Morgan fingerprint density at radius 1 is 1.06 bits per heavy atom. The first kappa shape index (κ1) is 36.4. The number of anilines is 2. The first-order chi connectivity index (χ1) is 25.0. The van der Waals surface area contributed by atoms with Gasteiger partial charge < -0.3 is 15.3 Å². The number of amides is 2. The fourth-order valence-electron chi connectivity index (χ4n) is 6.84. The molecule has 1 saturated heterocycles. The summed E-state index contributed by atoms with van der Waals surface area (Å²) < 4.78 is 43.5. The maximum Gasteiger partial charge on any atom is 0.441 e. The molecule has 52 heavy (non-hydrogen) atoms. The minimum Gasteiger partial charge on any atom is -0.380 e. The molecule has 4 heterocycles. The monoisotopic (exact) mass is 715 g/mol. The molecule has 2 amide bonds. The largest absolute Gasteiger partial charge is 0.441 e. The molecular weight excluding hydrogens is 673 g/mol. The van der Waals surface area contributed by atoms with E-state index in [9.17, 15) is 28.3 Å². The number of pyridine rings is 1. The predicted molar refractivity (Wildman–Crippen MR) is 189 cm³/mol. The number of aliphatic hydroxyl groups is 1. The van der Waals surface area contributed by atoms with Crippen molar-refractivity contribution in [1.29, 1.82) is 5.26 Å². The fraction of sp³-hybridized carbons (Fsp3) is 0.432. The van der Waals surface area contributed by atoms with Crippen LogP contribution in [0.1, 0.15) is 56.6 Å². The second kappa shape index (κ2) is 15.5. The van der Waals surface area contributed by atoms with Crippen LogP contribution in [0.5, 0.6) is 0 Å². The molecule has 0 spiro atoms. The number of alkyl halides is 3. The van der Waals surface area contributed by atoms with Gasteiger partial charge in [-0.1, -0.05) is 43.7 Å². The average Bonchev–Trinajstić information content (AvgIpc) is 3.60. The van der Waals surface area contributed by atoms with Gasteiger partial charge in [0.2, 0.25) is 5.95 Å². The molecule has 15 heteroatoms. The normalized spacial score (nSPS) is 19.1. The van der Waals surface area contributed by atoms with Crippen molar-refractivity contribution in [3.63, 3.8) is 0 Å². The van der Waals surface area contributed by atoms with Gasteiger partial charge in [-0.05, 0) is 30.9 Å². The van der Waals surface area contributed by atoms with Gasteiger partial charge in [-0.25, -0.2) is 9.78 Å². The Balaban J connectivity index is 1.15. The van der Waals surface area contributed by atoms with Crippen molar-refractivity contribution in [1.82, 2.24) is 30.0 Å². The van der Waals surface area contributed by atoms with Crippen molar-refractivity contribution < 1.29 is 27.6 Å². The van der Waals surface area contributed by atoms with Gasteiger partial charge in [0.05, 0.1) is 24.7 Å². The Labute approximate surface area is 300 Å². The summed E-state index contributed by atoms with van der Waals surface area (Å²) in [7, 11) is 1.85. The number of hydrogen-bond acceptors (Lipinski definition) is 9. The highest BCUT2D eigenvalue weighted by Gasteiger charge is 2.55. The topological polar surface area (TPSA) is 148 Å². The lowest BCUT2D eigenvalue weighted by molar-refractivity contribution is -0.337. The minimum absolute atomic E-state index is 0.100. The van der Waals surface area contributed by atoms with Crippen molar-refractivity contribution in [2.24, 2.45) is 18.9 Å². The number of nitrogens with one attached hydrogen (secondary N) is 2. The molecule has 4 aromatic rings. The van der Waals surface area contributed by atoms with Crippen molar-refractivity contribution in [3.05, 3.63) is 78.4 Å². The highest BCUT2D eigenvalue weighted by Crippen LogP contribution is 2.44. The van der Waals surface area contributed by atoms with Gasteiger partial charge >= 0.3 is 12.2 Å². The van der Waals surface area contributed by atoms with E-state index in [-0.39, 0.29) is 48.3 Å². The molecule has 0 bridgehead atoms. The number of carbonyl (C=O) groups is 1. The first-order valence-electron chi connectivity index (χ1n) is 17.5.